The maximum absolute atomic E-state index is 5.50. The third-order valence-corrected chi connectivity index (χ3v) is 5.51. The zero-order valence-corrected chi connectivity index (χ0v) is 18.6. The van der Waals surface area contributed by atoms with Crippen LogP contribution in [0.25, 0.3) is 11.2 Å². The van der Waals surface area contributed by atoms with Gasteiger partial charge in [0.05, 0.1) is 25.8 Å². The second-order valence-electron chi connectivity index (χ2n) is 7.94. The number of rotatable bonds is 7. The van der Waals surface area contributed by atoms with E-state index in [1.165, 1.54) is 5.56 Å². The van der Waals surface area contributed by atoms with E-state index in [9.17, 15) is 0 Å². The van der Waals surface area contributed by atoms with Crippen LogP contribution in [0.2, 0.25) is 0 Å². The largest absolute Gasteiger partial charge is 0.378 e. The Balaban J connectivity index is 1.45. The first kappa shape index (κ1) is 21.0. The van der Waals surface area contributed by atoms with Crippen molar-refractivity contribution in [3.05, 3.63) is 71.8 Å². The third kappa shape index (κ3) is 4.98. The van der Waals surface area contributed by atoms with E-state index in [4.69, 9.17) is 14.7 Å². The number of aromatic nitrogens is 5. The first-order valence-corrected chi connectivity index (χ1v) is 11.1. The van der Waals surface area contributed by atoms with Crippen LogP contribution in [0.5, 0.6) is 0 Å². The first-order chi connectivity index (χ1) is 16.3. The van der Waals surface area contributed by atoms with E-state index in [2.05, 4.69) is 44.5 Å². The van der Waals surface area contributed by atoms with Crippen molar-refractivity contribution in [3.63, 3.8) is 0 Å². The first-order valence-electron chi connectivity index (χ1n) is 11.1. The fraction of sp³-hybridized carbons (Fsp3) is 0.292. The predicted molar refractivity (Wildman–Crippen MR) is 129 cm³/mol. The number of hydrogen-bond donors (Lipinski definition) is 1. The van der Waals surface area contributed by atoms with Gasteiger partial charge >= 0.3 is 0 Å². The number of hydrogen-bond acceptors (Lipinski definition) is 8. The van der Waals surface area contributed by atoms with E-state index >= 15 is 0 Å². The smallest absolute Gasteiger partial charge is 0.229 e. The van der Waals surface area contributed by atoms with Gasteiger partial charge < -0.3 is 14.2 Å². The van der Waals surface area contributed by atoms with E-state index in [0.29, 0.717) is 30.5 Å². The van der Waals surface area contributed by atoms with Crippen LogP contribution in [0.15, 0.2) is 60.1 Å². The molecular formula is C24H26N8O. The summed E-state index contributed by atoms with van der Waals surface area (Å²) >= 11 is 0. The zero-order chi connectivity index (χ0) is 22.5. The molecule has 1 N–H and O–H groups in total. The molecule has 0 spiro atoms. The van der Waals surface area contributed by atoms with Gasteiger partial charge in [0.15, 0.2) is 17.0 Å². The maximum atomic E-state index is 5.50. The van der Waals surface area contributed by atoms with Crippen molar-refractivity contribution >= 4 is 29.1 Å². The average Bonchev–Trinajstić information content (AvgIpc) is 3.27. The molecule has 0 amide bonds. The molecule has 33 heavy (non-hydrogen) atoms. The SMILES string of the molecule is Cc1cccc(C=NNc2nc(N3CCOCC3)nc3c2ncn3CCc2ccccn2)c1. The van der Waals surface area contributed by atoms with Crippen molar-refractivity contribution < 1.29 is 4.74 Å². The van der Waals surface area contributed by atoms with Crippen LogP contribution >= 0.6 is 0 Å². The average molecular weight is 443 g/mol. The number of fused-ring (bicyclic) bond motifs is 1. The van der Waals surface area contributed by atoms with Crippen LogP contribution in [0.3, 0.4) is 0 Å². The van der Waals surface area contributed by atoms with E-state index in [0.717, 1.165) is 43.0 Å². The van der Waals surface area contributed by atoms with Gasteiger partial charge in [-0.3, -0.25) is 10.4 Å². The number of morpholine rings is 1. The van der Waals surface area contributed by atoms with Gasteiger partial charge in [-0.2, -0.15) is 15.1 Å². The van der Waals surface area contributed by atoms with Gasteiger partial charge in [0, 0.05) is 37.9 Å². The summed E-state index contributed by atoms with van der Waals surface area (Å²) in [6.07, 6.45) is 6.19. The summed E-state index contributed by atoms with van der Waals surface area (Å²) < 4.78 is 7.54. The molecule has 3 aromatic heterocycles. The molecule has 1 saturated heterocycles. The highest BCUT2D eigenvalue weighted by molar-refractivity contribution is 5.86. The molecule has 168 valence electrons. The highest BCUT2D eigenvalue weighted by atomic mass is 16.5. The Bertz CT molecular complexity index is 1250. The molecule has 1 aliphatic rings. The van der Waals surface area contributed by atoms with Crippen molar-refractivity contribution in [1.82, 2.24) is 24.5 Å². The minimum Gasteiger partial charge on any atom is -0.378 e. The molecule has 5 rings (SSSR count). The Labute approximate surface area is 192 Å². The Hall–Kier alpha value is -3.85. The number of benzene rings is 1. The second-order valence-corrected chi connectivity index (χ2v) is 7.94. The molecule has 0 saturated carbocycles. The summed E-state index contributed by atoms with van der Waals surface area (Å²) in [5.74, 6) is 1.24. The van der Waals surface area contributed by atoms with E-state index in [1.54, 1.807) is 12.5 Å². The lowest BCUT2D eigenvalue weighted by Gasteiger charge is -2.27. The molecule has 4 aromatic rings. The Morgan fingerprint density at radius 2 is 2.00 bits per heavy atom. The molecule has 9 heteroatoms. The maximum Gasteiger partial charge on any atom is 0.229 e. The van der Waals surface area contributed by atoms with Gasteiger partial charge in [0.25, 0.3) is 0 Å². The molecule has 0 radical (unpaired) electrons. The molecule has 0 aliphatic carbocycles. The molecule has 9 nitrogen and oxygen atoms in total. The lowest BCUT2D eigenvalue weighted by Crippen LogP contribution is -2.37. The minimum atomic E-state index is 0.585. The Morgan fingerprint density at radius 1 is 1.09 bits per heavy atom. The normalized spacial score (nSPS) is 14.3. The van der Waals surface area contributed by atoms with Crippen molar-refractivity contribution in [2.24, 2.45) is 5.10 Å². The van der Waals surface area contributed by atoms with Gasteiger partial charge in [-0.05, 0) is 24.6 Å². The standard InChI is InChI=1S/C24H26N8O/c1-18-5-4-6-19(15-18)16-27-30-22-21-23(29-24(28-22)31-11-13-33-14-12-31)32(17-26-21)10-8-20-7-2-3-9-25-20/h2-7,9,15-17H,8,10-14H2,1H3,(H,28,29,30). The number of nitrogens with zero attached hydrogens (tertiary/aromatic N) is 7. The topological polar surface area (TPSA) is 93.4 Å². The van der Waals surface area contributed by atoms with Crippen LogP contribution in [0.1, 0.15) is 16.8 Å². The molecule has 4 heterocycles. The van der Waals surface area contributed by atoms with Gasteiger partial charge in [-0.25, -0.2) is 4.98 Å². The predicted octanol–water partition coefficient (Wildman–Crippen LogP) is 3.06. The van der Waals surface area contributed by atoms with Crippen molar-refractivity contribution in [2.45, 2.75) is 19.9 Å². The van der Waals surface area contributed by atoms with Crippen LogP contribution in [0.4, 0.5) is 11.8 Å². The lowest BCUT2D eigenvalue weighted by molar-refractivity contribution is 0.122. The third-order valence-electron chi connectivity index (χ3n) is 5.51. The van der Waals surface area contributed by atoms with Gasteiger partial charge in [0.2, 0.25) is 5.95 Å². The number of hydrazone groups is 1. The lowest BCUT2D eigenvalue weighted by atomic mass is 10.2. The van der Waals surface area contributed by atoms with E-state index in [1.807, 2.05) is 41.1 Å². The Kier molecular flexibility index (Phi) is 6.21. The molecule has 1 fully saturated rings. The fourth-order valence-electron chi connectivity index (χ4n) is 3.78. The molecule has 0 bridgehead atoms. The summed E-state index contributed by atoms with van der Waals surface area (Å²) in [7, 11) is 0. The van der Waals surface area contributed by atoms with E-state index in [-0.39, 0.29) is 0 Å². The molecule has 1 aliphatic heterocycles. The van der Waals surface area contributed by atoms with Crippen molar-refractivity contribution in [1.29, 1.82) is 0 Å². The zero-order valence-electron chi connectivity index (χ0n) is 18.6. The van der Waals surface area contributed by atoms with Gasteiger partial charge in [-0.1, -0.05) is 35.9 Å². The summed E-state index contributed by atoms with van der Waals surface area (Å²) in [4.78, 5) is 20.8. The number of aryl methyl sites for hydroxylation is 3. The highest BCUT2D eigenvalue weighted by Gasteiger charge is 2.19. The van der Waals surface area contributed by atoms with Crippen LogP contribution < -0.4 is 10.3 Å². The quantitative estimate of drug-likeness (QED) is 0.347. The molecule has 0 atom stereocenters. The summed E-state index contributed by atoms with van der Waals surface area (Å²) in [6, 6.07) is 14.1. The number of nitrogens with one attached hydrogen (secondary N) is 1. The van der Waals surface area contributed by atoms with Crippen molar-refractivity contribution in [3.8, 4) is 0 Å². The van der Waals surface area contributed by atoms with Gasteiger partial charge in [-0.15, -0.1) is 0 Å². The van der Waals surface area contributed by atoms with Crippen LogP contribution in [0, 0.1) is 6.92 Å². The number of ether oxygens (including phenoxy) is 1. The van der Waals surface area contributed by atoms with E-state index < -0.39 is 0 Å². The highest BCUT2D eigenvalue weighted by Crippen LogP contribution is 2.23. The molecule has 1 aromatic carbocycles. The summed E-state index contributed by atoms with van der Waals surface area (Å²) in [5, 5.41) is 4.42. The monoisotopic (exact) mass is 442 g/mol. The number of imidazole rings is 1. The minimum absolute atomic E-state index is 0.585. The van der Waals surface area contributed by atoms with Crippen LogP contribution in [-0.2, 0) is 17.7 Å². The summed E-state index contributed by atoms with van der Waals surface area (Å²) in [6.45, 7) is 5.60. The van der Waals surface area contributed by atoms with Crippen molar-refractivity contribution in [2.75, 3.05) is 36.6 Å². The number of pyridine rings is 1. The van der Waals surface area contributed by atoms with Crippen LogP contribution in [-0.4, -0.2) is 57.0 Å². The second kappa shape index (κ2) is 9.74. The molecule has 0 unspecified atom stereocenters. The van der Waals surface area contributed by atoms with Gasteiger partial charge in [0.1, 0.15) is 0 Å². The Morgan fingerprint density at radius 3 is 2.82 bits per heavy atom. The number of anilines is 2. The molecular weight excluding hydrogens is 416 g/mol. The summed E-state index contributed by atoms with van der Waals surface area (Å²) in [5.41, 5.74) is 7.79. The fourth-order valence-corrected chi connectivity index (χ4v) is 3.78.